The van der Waals surface area contributed by atoms with Crippen molar-refractivity contribution in [3.8, 4) is 0 Å². The quantitative estimate of drug-likeness (QED) is 0.617. The van der Waals surface area contributed by atoms with Gasteiger partial charge < -0.3 is 5.32 Å². The number of nitrogens with one attached hydrogen (secondary N) is 1. The smallest absolute Gasteiger partial charge is 0.226 e. The molecule has 0 heterocycles. The van der Waals surface area contributed by atoms with E-state index in [1.165, 1.54) is 19.3 Å². The van der Waals surface area contributed by atoms with Crippen LogP contribution in [0.1, 0.15) is 52.9 Å². The van der Waals surface area contributed by atoms with E-state index >= 15 is 0 Å². The average molecular weight is 337 g/mol. The van der Waals surface area contributed by atoms with E-state index in [0.29, 0.717) is 12.0 Å². The van der Waals surface area contributed by atoms with Crippen LogP contribution in [0.3, 0.4) is 0 Å². The highest BCUT2D eigenvalue weighted by molar-refractivity contribution is 14.1. The predicted molar refractivity (Wildman–Crippen MR) is 76.8 cm³/mol. The van der Waals surface area contributed by atoms with E-state index in [4.69, 9.17) is 0 Å². The zero-order valence-electron chi connectivity index (χ0n) is 10.7. The van der Waals surface area contributed by atoms with Gasteiger partial charge in [0.05, 0.1) is 0 Å². The van der Waals surface area contributed by atoms with Crippen LogP contribution in [0.25, 0.3) is 0 Å². The van der Waals surface area contributed by atoms with Crippen molar-refractivity contribution in [1.29, 1.82) is 0 Å². The summed E-state index contributed by atoms with van der Waals surface area (Å²) in [4.78, 5) is 12.3. The van der Waals surface area contributed by atoms with Gasteiger partial charge in [-0.25, -0.2) is 0 Å². The topological polar surface area (TPSA) is 29.1 Å². The fourth-order valence-electron chi connectivity index (χ4n) is 2.29. The lowest BCUT2D eigenvalue weighted by Gasteiger charge is -2.34. The van der Waals surface area contributed by atoms with Gasteiger partial charge in [0.2, 0.25) is 5.91 Å². The lowest BCUT2D eigenvalue weighted by atomic mass is 9.75. The van der Waals surface area contributed by atoms with Crippen LogP contribution in [-0.4, -0.2) is 16.4 Å². The zero-order valence-corrected chi connectivity index (χ0v) is 12.8. The Morgan fingerprint density at radius 3 is 2.31 bits per heavy atom. The molecule has 2 nitrogen and oxygen atoms in total. The maximum absolute atomic E-state index is 12.3. The fourth-order valence-corrected chi connectivity index (χ4v) is 3.52. The van der Waals surface area contributed by atoms with Gasteiger partial charge in [-0.2, -0.15) is 0 Å². The molecule has 1 saturated carbocycles. The zero-order chi connectivity index (χ0) is 12.2. The SMILES string of the molecule is CC(C)C(CI)NC(=O)C1(C)CCCCC1. The van der Waals surface area contributed by atoms with E-state index in [9.17, 15) is 4.79 Å². The van der Waals surface area contributed by atoms with Crippen LogP contribution in [0.5, 0.6) is 0 Å². The number of carbonyl (C=O) groups is 1. The Morgan fingerprint density at radius 2 is 1.88 bits per heavy atom. The molecule has 0 radical (unpaired) electrons. The lowest BCUT2D eigenvalue weighted by Crippen LogP contribution is -2.47. The predicted octanol–water partition coefficient (Wildman–Crippen LogP) is 3.53. The second kappa shape index (κ2) is 6.22. The van der Waals surface area contributed by atoms with Gasteiger partial charge in [0.25, 0.3) is 0 Å². The van der Waals surface area contributed by atoms with Crippen molar-refractivity contribution in [3.05, 3.63) is 0 Å². The van der Waals surface area contributed by atoms with Gasteiger partial charge in [0.1, 0.15) is 0 Å². The summed E-state index contributed by atoms with van der Waals surface area (Å²) in [6, 6.07) is 0.326. The van der Waals surface area contributed by atoms with Crippen LogP contribution in [0.15, 0.2) is 0 Å². The minimum Gasteiger partial charge on any atom is -0.352 e. The minimum atomic E-state index is -0.1000. The van der Waals surface area contributed by atoms with E-state index < -0.39 is 0 Å². The summed E-state index contributed by atoms with van der Waals surface area (Å²) >= 11 is 2.36. The number of alkyl halides is 1. The average Bonchev–Trinajstić information content (AvgIpc) is 2.26. The van der Waals surface area contributed by atoms with Crippen molar-refractivity contribution >= 4 is 28.5 Å². The molecule has 1 atom stereocenters. The highest BCUT2D eigenvalue weighted by atomic mass is 127. The first-order chi connectivity index (χ1) is 7.49. The molecule has 0 aromatic carbocycles. The molecule has 1 rings (SSSR count). The first-order valence-electron chi connectivity index (χ1n) is 6.36. The van der Waals surface area contributed by atoms with Crippen LogP contribution in [0.4, 0.5) is 0 Å². The number of carbonyl (C=O) groups excluding carboxylic acids is 1. The van der Waals surface area contributed by atoms with Gasteiger partial charge in [-0.15, -0.1) is 0 Å². The van der Waals surface area contributed by atoms with Crippen LogP contribution in [-0.2, 0) is 4.79 Å². The van der Waals surface area contributed by atoms with Crippen LogP contribution >= 0.6 is 22.6 Å². The number of hydrogen-bond acceptors (Lipinski definition) is 1. The van der Waals surface area contributed by atoms with E-state index in [-0.39, 0.29) is 11.3 Å². The Bertz CT molecular complexity index is 234. The van der Waals surface area contributed by atoms with E-state index in [0.717, 1.165) is 17.3 Å². The normalized spacial score (nSPS) is 21.8. The summed E-state index contributed by atoms with van der Waals surface area (Å²) in [6.07, 6.45) is 5.83. The number of halogens is 1. The van der Waals surface area contributed by atoms with Crippen molar-refractivity contribution in [3.63, 3.8) is 0 Å². The minimum absolute atomic E-state index is 0.1000. The van der Waals surface area contributed by atoms with Crippen molar-refractivity contribution in [2.45, 2.75) is 58.9 Å². The maximum Gasteiger partial charge on any atom is 0.226 e. The molecule has 1 unspecified atom stereocenters. The molecule has 0 bridgehead atoms. The van der Waals surface area contributed by atoms with Gasteiger partial charge >= 0.3 is 0 Å². The molecule has 1 N–H and O–H groups in total. The highest BCUT2D eigenvalue weighted by Crippen LogP contribution is 2.36. The molecule has 0 aromatic heterocycles. The Hall–Kier alpha value is 0.200. The molecule has 0 spiro atoms. The molecule has 0 aromatic rings. The number of rotatable bonds is 4. The second-order valence-electron chi connectivity index (χ2n) is 5.60. The standard InChI is InChI=1S/C13H24INO/c1-10(2)11(9-14)15-12(16)13(3)7-5-4-6-8-13/h10-11H,4-9H2,1-3H3,(H,15,16). The largest absolute Gasteiger partial charge is 0.352 e. The van der Waals surface area contributed by atoms with Crippen LogP contribution in [0.2, 0.25) is 0 Å². The molecule has 0 aliphatic heterocycles. The third-order valence-corrected chi connectivity index (χ3v) is 4.74. The van der Waals surface area contributed by atoms with Crippen molar-refractivity contribution in [2.24, 2.45) is 11.3 Å². The third kappa shape index (κ3) is 3.60. The summed E-state index contributed by atoms with van der Waals surface area (Å²) in [5, 5.41) is 3.23. The first-order valence-corrected chi connectivity index (χ1v) is 7.89. The molecule has 0 saturated heterocycles. The van der Waals surface area contributed by atoms with Gasteiger partial charge in [0.15, 0.2) is 0 Å². The molecule has 3 heteroatoms. The maximum atomic E-state index is 12.3. The monoisotopic (exact) mass is 337 g/mol. The summed E-state index contributed by atoms with van der Waals surface area (Å²) in [5.41, 5.74) is -0.1000. The van der Waals surface area contributed by atoms with Gasteiger partial charge in [-0.05, 0) is 18.8 Å². The number of hydrogen-bond donors (Lipinski definition) is 1. The molecular weight excluding hydrogens is 313 g/mol. The lowest BCUT2D eigenvalue weighted by molar-refractivity contribution is -0.132. The summed E-state index contributed by atoms with van der Waals surface area (Å²) in [7, 11) is 0. The summed E-state index contributed by atoms with van der Waals surface area (Å²) in [5.74, 6) is 0.801. The Morgan fingerprint density at radius 1 is 1.31 bits per heavy atom. The number of amides is 1. The Labute approximate surface area is 113 Å². The second-order valence-corrected chi connectivity index (χ2v) is 6.48. The van der Waals surface area contributed by atoms with Crippen molar-refractivity contribution in [2.75, 3.05) is 4.43 Å². The Kier molecular flexibility index (Phi) is 5.54. The van der Waals surface area contributed by atoms with Crippen molar-refractivity contribution in [1.82, 2.24) is 5.32 Å². The first kappa shape index (κ1) is 14.3. The molecule has 94 valence electrons. The van der Waals surface area contributed by atoms with E-state index in [1.54, 1.807) is 0 Å². The molecule has 1 amide bonds. The summed E-state index contributed by atoms with van der Waals surface area (Å²) < 4.78 is 0.997. The molecular formula is C13H24INO. The molecule has 1 aliphatic carbocycles. The molecule has 1 fully saturated rings. The van der Waals surface area contributed by atoms with Crippen molar-refractivity contribution < 1.29 is 4.79 Å². The Balaban J connectivity index is 2.55. The highest BCUT2D eigenvalue weighted by Gasteiger charge is 2.35. The fraction of sp³-hybridized carbons (Fsp3) is 0.923. The molecule has 16 heavy (non-hydrogen) atoms. The van der Waals surface area contributed by atoms with Gasteiger partial charge in [0, 0.05) is 15.9 Å². The van der Waals surface area contributed by atoms with Gasteiger partial charge in [-0.3, -0.25) is 4.79 Å². The van der Waals surface area contributed by atoms with Crippen LogP contribution in [0, 0.1) is 11.3 Å². The van der Waals surface area contributed by atoms with E-state index in [1.807, 2.05) is 0 Å². The van der Waals surface area contributed by atoms with Crippen LogP contribution < -0.4 is 5.32 Å². The van der Waals surface area contributed by atoms with Gasteiger partial charge in [-0.1, -0.05) is 62.6 Å². The third-order valence-electron chi connectivity index (χ3n) is 3.79. The van der Waals surface area contributed by atoms with E-state index in [2.05, 4.69) is 48.7 Å². The summed E-state index contributed by atoms with van der Waals surface area (Å²) in [6.45, 7) is 6.48. The molecule has 1 aliphatic rings.